The number of anilines is 1. The van der Waals surface area contributed by atoms with Gasteiger partial charge in [0.25, 0.3) is 5.69 Å². The molecule has 88 valence electrons. The lowest BCUT2D eigenvalue weighted by Gasteiger charge is -2.14. The van der Waals surface area contributed by atoms with Crippen molar-refractivity contribution < 1.29 is 9.72 Å². The van der Waals surface area contributed by atoms with Gasteiger partial charge in [-0.25, -0.2) is 0 Å². The number of amides is 1. The molecule has 0 unspecified atom stereocenters. The van der Waals surface area contributed by atoms with Crippen LogP contribution in [0.1, 0.15) is 0 Å². The largest absolute Gasteiger partial charge is 0.289 e. The molecule has 0 saturated carbocycles. The zero-order valence-electron chi connectivity index (χ0n) is 8.25. The van der Waals surface area contributed by atoms with Crippen LogP contribution in [0.3, 0.4) is 0 Å². The summed E-state index contributed by atoms with van der Waals surface area (Å²) >= 11 is 11.9. The third-order valence-electron chi connectivity index (χ3n) is 2.14. The van der Waals surface area contributed by atoms with Gasteiger partial charge in [-0.1, -0.05) is 35.6 Å². The Morgan fingerprint density at radius 3 is 2.76 bits per heavy atom. The first-order chi connectivity index (χ1) is 8.00. The van der Waals surface area contributed by atoms with Crippen LogP contribution in [0.25, 0.3) is 0 Å². The topological polar surface area (TPSA) is 63.5 Å². The number of halogens is 1. The molecule has 0 aliphatic carbocycles. The van der Waals surface area contributed by atoms with Crippen LogP contribution in [0.4, 0.5) is 11.4 Å². The molecule has 0 spiro atoms. The molecule has 1 aliphatic heterocycles. The normalized spacial score (nSPS) is 15.5. The fourth-order valence-corrected chi connectivity index (χ4v) is 2.67. The highest BCUT2D eigenvalue weighted by Crippen LogP contribution is 2.33. The van der Waals surface area contributed by atoms with E-state index < -0.39 is 4.92 Å². The van der Waals surface area contributed by atoms with E-state index in [0.717, 1.165) is 0 Å². The lowest BCUT2D eigenvalue weighted by molar-refractivity contribution is -0.384. The van der Waals surface area contributed by atoms with Crippen molar-refractivity contribution in [3.05, 3.63) is 33.3 Å². The van der Waals surface area contributed by atoms with Crippen molar-refractivity contribution in [2.45, 2.75) is 0 Å². The SMILES string of the molecule is O=C1CSC(=S)N1c1ccc(Cl)c([N+](=O)[O-])c1. The first-order valence-electron chi connectivity index (χ1n) is 4.44. The van der Waals surface area contributed by atoms with E-state index in [2.05, 4.69) is 0 Å². The van der Waals surface area contributed by atoms with Crippen LogP contribution in [0.15, 0.2) is 18.2 Å². The second kappa shape index (κ2) is 4.59. The van der Waals surface area contributed by atoms with E-state index in [1.807, 2.05) is 0 Å². The molecule has 0 atom stereocenters. The Morgan fingerprint density at radius 2 is 2.24 bits per heavy atom. The van der Waals surface area contributed by atoms with Gasteiger partial charge in [0.1, 0.15) is 9.34 Å². The summed E-state index contributed by atoms with van der Waals surface area (Å²) in [5, 5.41) is 10.8. The Morgan fingerprint density at radius 1 is 1.53 bits per heavy atom. The summed E-state index contributed by atoms with van der Waals surface area (Å²) < 4.78 is 0.395. The molecule has 1 aliphatic rings. The molecule has 1 heterocycles. The average Bonchev–Trinajstić information content (AvgIpc) is 2.59. The van der Waals surface area contributed by atoms with Crippen LogP contribution in [-0.4, -0.2) is 20.9 Å². The van der Waals surface area contributed by atoms with Gasteiger partial charge >= 0.3 is 0 Å². The fourth-order valence-electron chi connectivity index (χ4n) is 1.38. The van der Waals surface area contributed by atoms with E-state index >= 15 is 0 Å². The molecule has 0 radical (unpaired) electrons. The number of thioether (sulfide) groups is 1. The summed E-state index contributed by atoms with van der Waals surface area (Å²) in [6, 6.07) is 4.16. The van der Waals surface area contributed by atoms with Crippen LogP contribution in [0.5, 0.6) is 0 Å². The van der Waals surface area contributed by atoms with Gasteiger partial charge in [0.05, 0.1) is 16.4 Å². The second-order valence-corrected chi connectivity index (χ2v) is 5.19. The minimum atomic E-state index is -0.595. The Balaban J connectivity index is 2.46. The highest BCUT2D eigenvalue weighted by atomic mass is 35.5. The first kappa shape index (κ1) is 12.3. The van der Waals surface area contributed by atoms with Gasteiger partial charge < -0.3 is 0 Å². The van der Waals surface area contributed by atoms with Gasteiger partial charge in [0.15, 0.2) is 0 Å². The van der Waals surface area contributed by atoms with Gasteiger partial charge in [-0.2, -0.15) is 0 Å². The summed E-state index contributed by atoms with van der Waals surface area (Å²) in [5.41, 5.74) is 0.137. The number of rotatable bonds is 2. The fraction of sp³-hybridized carbons (Fsp3) is 0.111. The van der Waals surface area contributed by atoms with Crippen molar-refractivity contribution in [3.8, 4) is 0 Å². The maximum absolute atomic E-state index is 11.6. The molecular formula is C9H5ClN2O3S2. The zero-order valence-corrected chi connectivity index (χ0v) is 10.6. The van der Waals surface area contributed by atoms with E-state index in [0.29, 0.717) is 10.0 Å². The Labute approximate surface area is 111 Å². The standard InChI is InChI=1S/C9H5ClN2O3S2/c10-6-2-1-5(3-7(6)12(14)15)11-8(13)4-17-9(11)16/h1-3H,4H2. The maximum atomic E-state index is 11.6. The Kier molecular flexibility index (Phi) is 3.32. The Bertz CT molecular complexity index is 519. The number of nitro groups is 1. The Hall–Kier alpha value is -1.18. The maximum Gasteiger partial charge on any atom is 0.289 e. The van der Waals surface area contributed by atoms with Gasteiger partial charge in [-0.3, -0.25) is 19.8 Å². The molecule has 1 saturated heterocycles. The summed E-state index contributed by atoms with van der Waals surface area (Å²) in [6.45, 7) is 0. The number of carbonyl (C=O) groups is 1. The van der Waals surface area contributed by atoms with Crippen LogP contribution in [0, 0.1) is 10.1 Å². The van der Waals surface area contributed by atoms with Gasteiger partial charge in [-0.15, -0.1) is 0 Å². The first-order valence-corrected chi connectivity index (χ1v) is 6.21. The smallest absolute Gasteiger partial charge is 0.273 e. The average molecular weight is 289 g/mol. The minimum Gasteiger partial charge on any atom is -0.273 e. The molecule has 0 N–H and O–H groups in total. The van der Waals surface area contributed by atoms with Crippen LogP contribution < -0.4 is 4.90 Å². The highest BCUT2D eigenvalue weighted by molar-refractivity contribution is 8.24. The van der Waals surface area contributed by atoms with Crippen molar-refractivity contribution in [1.82, 2.24) is 0 Å². The molecule has 8 heteroatoms. The molecule has 1 aromatic carbocycles. The van der Waals surface area contributed by atoms with Crippen LogP contribution in [-0.2, 0) is 4.79 Å². The lowest BCUT2D eigenvalue weighted by atomic mass is 10.2. The second-order valence-electron chi connectivity index (χ2n) is 3.18. The summed E-state index contributed by atoms with van der Waals surface area (Å²) in [4.78, 5) is 23.0. The van der Waals surface area contributed by atoms with Crippen molar-refractivity contribution in [1.29, 1.82) is 0 Å². The monoisotopic (exact) mass is 288 g/mol. The van der Waals surface area contributed by atoms with Gasteiger partial charge in [0, 0.05) is 6.07 Å². The molecule has 0 aromatic heterocycles. The summed E-state index contributed by atoms with van der Waals surface area (Å²) in [5.74, 6) is 0.0755. The van der Waals surface area contributed by atoms with E-state index in [1.165, 1.54) is 34.9 Å². The number of hydrogen-bond donors (Lipinski definition) is 0. The minimum absolute atomic E-state index is 0.0315. The van der Waals surface area contributed by atoms with Crippen molar-refractivity contribution >= 4 is 57.2 Å². The summed E-state index contributed by atoms with van der Waals surface area (Å²) in [6.07, 6.45) is 0. The predicted molar refractivity (Wildman–Crippen MR) is 70.6 cm³/mol. The lowest BCUT2D eigenvalue weighted by Crippen LogP contribution is -2.27. The molecule has 2 rings (SSSR count). The van der Waals surface area contributed by atoms with Crippen molar-refractivity contribution in [3.63, 3.8) is 0 Å². The highest BCUT2D eigenvalue weighted by Gasteiger charge is 2.29. The molecule has 1 aromatic rings. The van der Waals surface area contributed by atoms with E-state index in [9.17, 15) is 14.9 Å². The number of benzene rings is 1. The number of carbonyl (C=O) groups excluding carboxylic acids is 1. The van der Waals surface area contributed by atoms with Crippen LogP contribution in [0.2, 0.25) is 5.02 Å². The van der Waals surface area contributed by atoms with Gasteiger partial charge in [0.2, 0.25) is 5.91 Å². The molecule has 0 bridgehead atoms. The van der Waals surface area contributed by atoms with E-state index in [-0.39, 0.29) is 22.4 Å². The molecule has 1 fully saturated rings. The molecular weight excluding hydrogens is 284 g/mol. The molecule has 17 heavy (non-hydrogen) atoms. The van der Waals surface area contributed by atoms with Crippen molar-refractivity contribution in [2.24, 2.45) is 0 Å². The van der Waals surface area contributed by atoms with E-state index in [1.54, 1.807) is 0 Å². The third-order valence-corrected chi connectivity index (χ3v) is 3.81. The van der Waals surface area contributed by atoms with Crippen LogP contribution >= 0.6 is 35.6 Å². The third kappa shape index (κ3) is 2.26. The zero-order chi connectivity index (χ0) is 12.6. The van der Waals surface area contributed by atoms with Gasteiger partial charge in [-0.05, 0) is 12.1 Å². The number of thiocarbonyl (C=S) groups is 1. The predicted octanol–water partition coefficient (Wildman–Crippen LogP) is 2.61. The van der Waals surface area contributed by atoms with E-state index in [4.69, 9.17) is 23.8 Å². The summed E-state index contributed by atoms with van der Waals surface area (Å²) in [7, 11) is 0. The number of nitro benzene ring substituents is 1. The van der Waals surface area contributed by atoms with Crippen molar-refractivity contribution in [2.75, 3.05) is 10.7 Å². The quantitative estimate of drug-likeness (QED) is 0.475. The molecule has 1 amide bonds. The number of nitrogens with zero attached hydrogens (tertiary/aromatic N) is 2. The number of hydrogen-bond acceptors (Lipinski definition) is 5. The molecule has 5 nitrogen and oxygen atoms in total.